The Bertz CT molecular complexity index is 1110. The van der Waals surface area contributed by atoms with Crippen molar-refractivity contribution in [1.29, 1.82) is 0 Å². The van der Waals surface area contributed by atoms with Gasteiger partial charge in [-0.25, -0.2) is 9.59 Å². The van der Waals surface area contributed by atoms with Crippen molar-refractivity contribution in [3.63, 3.8) is 0 Å². The highest BCUT2D eigenvalue weighted by atomic mass is 16.4. The Hall–Kier alpha value is -4.13. The fraction of sp³-hybridized carbons (Fsp3) is 0.0455. The quantitative estimate of drug-likeness (QED) is 0.512. The van der Waals surface area contributed by atoms with E-state index in [1.807, 2.05) is 30.3 Å². The number of rotatable bonds is 5. The summed E-state index contributed by atoms with van der Waals surface area (Å²) in [5.74, 6) is -0.515. The number of carboxylic acid groups (broad SMARTS) is 1. The van der Waals surface area contributed by atoms with Crippen molar-refractivity contribution in [3.8, 4) is 11.3 Å². The molecule has 0 saturated carbocycles. The van der Waals surface area contributed by atoms with Crippen LogP contribution in [-0.4, -0.2) is 27.9 Å². The second-order valence-electron chi connectivity index (χ2n) is 6.45. The third-order valence-electron chi connectivity index (χ3n) is 4.48. The maximum Gasteiger partial charge on any atom is 0.335 e. The molecular weight excluding hydrogens is 372 g/mol. The summed E-state index contributed by atoms with van der Waals surface area (Å²) >= 11 is 0. The van der Waals surface area contributed by atoms with Gasteiger partial charge in [0.25, 0.3) is 5.91 Å². The van der Waals surface area contributed by atoms with Gasteiger partial charge in [-0.05, 0) is 29.8 Å². The first kappa shape index (κ1) is 18.2. The summed E-state index contributed by atoms with van der Waals surface area (Å²) in [4.78, 5) is 36.8. The average Bonchev–Trinajstić information content (AvgIpc) is 3.29. The highest BCUT2D eigenvalue weighted by Crippen LogP contribution is 2.25. The molecule has 2 heterocycles. The molecule has 1 fully saturated rings. The SMILES string of the molecule is O=C(O)c1ccc(-c2ccc(C=C3NC(=O)N(Cc4ccccc4)C3=O)o2)cc1. The number of carboxylic acids is 1. The second kappa shape index (κ2) is 7.47. The van der Waals surface area contributed by atoms with Crippen molar-refractivity contribution >= 4 is 24.0 Å². The number of benzene rings is 2. The highest BCUT2D eigenvalue weighted by molar-refractivity contribution is 6.13. The van der Waals surface area contributed by atoms with Crippen LogP contribution in [0.3, 0.4) is 0 Å². The van der Waals surface area contributed by atoms with Crippen LogP contribution >= 0.6 is 0 Å². The number of urea groups is 1. The number of carbonyl (C=O) groups excluding carboxylic acids is 2. The maximum atomic E-state index is 12.6. The summed E-state index contributed by atoms with van der Waals surface area (Å²) in [6.07, 6.45) is 1.47. The van der Waals surface area contributed by atoms with Crippen LogP contribution in [0.5, 0.6) is 0 Å². The van der Waals surface area contributed by atoms with E-state index in [-0.39, 0.29) is 17.8 Å². The number of amides is 3. The number of nitrogens with one attached hydrogen (secondary N) is 1. The second-order valence-corrected chi connectivity index (χ2v) is 6.45. The minimum atomic E-state index is -1.00. The van der Waals surface area contributed by atoms with Gasteiger partial charge in [0, 0.05) is 11.6 Å². The first-order chi connectivity index (χ1) is 14.0. The van der Waals surface area contributed by atoms with Gasteiger partial charge in [0.15, 0.2) is 0 Å². The fourth-order valence-electron chi connectivity index (χ4n) is 2.99. The number of nitrogens with zero attached hydrogens (tertiary/aromatic N) is 1. The fourth-order valence-corrected chi connectivity index (χ4v) is 2.99. The van der Waals surface area contributed by atoms with Gasteiger partial charge in [-0.3, -0.25) is 9.69 Å². The number of hydrogen-bond donors (Lipinski definition) is 2. The summed E-state index contributed by atoms with van der Waals surface area (Å²) in [7, 11) is 0. The Morgan fingerprint density at radius 2 is 1.72 bits per heavy atom. The van der Waals surface area contributed by atoms with E-state index in [0.29, 0.717) is 17.1 Å². The zero-order valence-electron chi connectivity index (χ0n) is 15.2. The minimum Gasteiger partial charge on any atom is -0.478 e. The lowest BCUT2D eigenvalue weighted by Crippen LogP contribution is -2.30. The molecule has 4 rings (SSSR count). The zero-order valence-corrected chi connectivity index (χ0v) is 15.2. The molecule has 1 aliphatic heterocycles. The van der Waals surface area contributed by atoms with Crippen molar-refractivity contribution in [2.75, 3.05) is 0 Å². The molecule has 7 nitrogen and oxygen atoms in total. The average molecular weight is 388 g/mol. The van der Waals surface area contributed by atoms with Gasteiger partial charge in [0.1, 0.15) is 17.2 Å². The Kier molecular flexibility index (Phi) is 4.70. The number of carbonyl (C=O) groups is 3. The van der Waals surface area contributed by atoms with E-state index in [0.717, 1.165) is 10.5 Å². The largest absolute Gasteiger partial charge is 0.478 e. The normalized spacial score (nSPS) is 15.0. The lowest BCUT2D eigenvalue weighted by Gasteiger charge is -2.11. The molecule has 0 radical (unpaired) electrons. The molecule has 0 unspecified atom stereocenters. The highest BCUT2D eigenvalue weighted by Gasteiger charge is 2.33. The Morgan fingerprint density at radius 1 is 1.00 bits per heavy atom. The third-order valence-corrected chi connectivity index (χ3v) is 4.48. The smallest absolute Gasteiger partial charge is 0.335 e. The molecule has 0 aliphatic carbocycles. The minimum absolute atomic E-state index is 0.132. The predicted octanol–water partition coefficient (Wildman–Crippen LogP) is 3.74. The summed E-state index contributed by atoms with van der Waals surface area (Å²) in [5.41, 5.74) is 1.86. The predicted molar refractivity (Wildman–Crippen MR) is 105 cm³/mol. The summed E-state index contributed by atoms with van der Waals surface area (Å²) in [5, 5.41) is 11.5. The number of imide groups is 1. The van der Waals surface area contributed by atoms with Gasteiger partial charge in [-0.1, -0.05) is 42.5 Å². The molecule has 7 heteroatoms. The number of furan rings is 1. The molecule has 2 N–H and O–H groups in total. The molecule has 1 aliphatic rings. The molecule has 29 heavy (non-hydrogen) atoms. The first-order valence-corrected chi connectivity index (χ1v) is 8.83. The van der Waals surface area contributed by atoms with Gasteiger partial charge < -0.3 is 14.8 Å². The van der Waals surface area contributed by atoms with E-state index in [1.165, 1.54) is 18.2 Å². The molecule has 2 aromatic carbocycles. The molecule has 0 spiro atoms. The van der Waals surface area contributed by atoms with E-state index in [9.17, 15) is 14.4 Å². The van der Waals surface area contributed by atoms with Crippen LogP contribution in [0.15, 0.2) is 76.8 Å². The maximum absolute atomic E-state index is 12.6. The summed E-state index contributed by atoms with van der Waals surface area (Å²) in [6, 6.07) is 18.4. The van der Waals surface area contributed by atoms with E-state index < -0.39 is 17.9 Å². The van der Waals surface area contributed by atoms with Crippen molar-refractivity contribution in [2.45, 2.75) is 6.54 Å². The van der Waals surface area contributed by atoms with Gasteiger partial charge in [-0.15, -0.1) is 0 Å². The van der Waals surface area contributed by atoms with Crippen molar-refractivity contribution < 1.29 is 23.9 Å². The Labute approximate surface area is 165 Å². The molecule has 1 aromatic heterocycles. The molecule has 3 amide bonds. The molecule has 0 bridgehead atoms. The van der Waals surface area contributed by atoms with Crippen molar-refractivity contribution in [3.05, 3.63) is 89.3 Å². The monoisotopic (exact) mass is 388 g/mol. The van der Waals surface area contributed by atoms with Gasteiger partial charge in [0.05, 0.1) is 12.1 Å². The molecular formula is C22H16N2O5. The zero-order chi connectivity index (χ0) is 20.4. The molecule has 3 aromatic rings. The molecule has 1 saturated heterocycles. The standard InChI is InChI=1S/C22H16N2O5/c25-20-18(23-22(28)24(20)13-14-4-2-1-3-5-14)12-17-10-11-19(29-17)15-6-8-16(9-7-15)21(26)27/h1-12H,13H2,(H,23,28)(H,26,27). The van der Waals surface area contributed by atoms with E-state index in [2.05, 4.69) is 5.32 Å². The lowest BCUT2D eigenvalue weighted by molar-refractivity contribution is -0.123. The van der Waals surface area contributed by atoms with Crippen LogP contribution in [0.25, 0.3) is 17.4 Å². The topological polar surface area (TPSA) is 99.9 Å². The third kappa shape index (κ3) is 3.79. The van der Waals surface area contributed by atoms with Crippen LogP contribution in [0, 0.1) is 0 Å². The van der Waals surface area contributed by atoms with Gasteiger partial charge in [0.2, 0.25) is 0 Å². The van der Waals surface area contributed by atoms with E-state index in [1.54, 1.807) is 24.3 Å². The Balaban J connectivity index is 1.52. The summed E-state index contributed by atoms with van der Waals surface area (Å²) < 4.78 is 5.72. The van der Waals surface area contributed by atoms with Crippen molar-refractivity contribution in [1.82, 2.24) is 10.2 Å². The Morgan fingerprint density at radius 3 is 2.41 bits per heavy atom. The van der Waals surface area contributed by atoms with Crippen LogP contribution in [0.1, 0.15) is 21.7 Å². The van der Waals surface area contributed by atoms with Crippen LogP contribution in [0.4, 0.5) is 4.79 Å². The van der Waals surface area contributed by atoms with E-state index in [4.69, 9.17) is 9.52 Å². The molecule has 144 valence electrons. The van der Waals surface area contributed by atoms with Crippen LogP contribution in [-0.2, 0) is 11.3 Å². The lowest BCUT2D eigenvalue weighted by atomic mass is 10.1. The van der Waals surface area contributed by atoms with Crippen LogP contribution in [0.2, 0.25) is 0 Å². The van der Waals surface area contributed by atoms with Gasteiger partial charge >= 0.3 is 12.0 Å². The number of hydrogen-bond acceptors (Lipinski definition) is 4. The van der Waals surface area contributed by atoms with Crippen molar-refractivity contribution in [2.24, 2.45) is 0 Å². The van der Waals surface area contributed by atoms with Gasteiger partial charge in [-0.2, -0.15) is 0 Å². The number of aromatic carboxylic acids is 1. The molecule has 0 atom stereocenters. The summed E-state index contributed by atoms with van der Waals surface area (Å²) in [6.45, 7) is 0.183. The van der Waals surface area contributed by atoms with Crippen LogP contribution < -0.4 is 5.32 Å². The first-order valence-electron chi connectivity index (χ1n) is 8.83. The van der Waals surface area contributed by atoms with E-state index >= 15 is 0 Å².